The number of aliphatic carboxylic acids is 1. The predicted octanol–water partition coefficient (Wildman–Crippen LogP) is 1.69. The Labute approximate surface area is 186 Å². The van der Waals surface area contributed by atoms with Crippen molar-refractivity contribution in [1.29, 1.82) is 0 Å². The molecule has 2 unspecified atom stereocenters. The number of carboxylic acid groups (broad SMARTS) is 1. The van der Waals surface area contributed by atoms with E-state index in [9.17, 15) is 14.7 Å². The molecule has 0 bridgehead atoms. The van der Waals surface area contributed by atoms with Crippen molar-refractivity contribution in [1.82, 2.24) is 30.6 Å². The van der Waals surface area contributed by atoms with E-state index in [0.717, 1.165) is 17.2 Å². The molecule has 10 heteroatoms. The molecule has 0 aliphatic heterocycles. The van der Waals surface area contributed by atoms with Gasteiger partial charge in [-0.1, -0.05) is 12.1 Å². The standard InChI is InChI=1S/C22H29N7O3/c1-14(20-27-11-12-28-20)24-8-2-3-18(22(31)32)29-21(30)16-6-4-15(5-7-16)17(23)13-19-25-9-10-26-19/h4-7,9-12,14,17-18,24H,2-3,8,13,23H2,1H3,(H,25,26)(H,27,28)(H,29,30)(H,31,32)/t14?,17?,18-/m0/s1. The maximum atomic E-state index is 12.5. The zero-order valence-corrected chi connectivity index (χ0v) is 17.9. The molecule has 170 valence electrons. The molecule has 3 rings (SSSR count). The second-order valence-electron chi connectivity index (χ2n) is 7.63. The number of aromatic amines is 2. The number of nitrogens with two attached hydrogens (primary N) is 1. The Kier molecular flexibility index (Phi) is 8.12. The Morgan fingerprint density at radius 1 is 1.12 bits per heavy atom. The van der Waals surface area contributed by atoms with Gasteiger partial charge >= 0.3 is 5.97 Å². The summed E-state index contributed by atoms with van der Waals surface area (Å²) in [5.74, 6) is 0.118. The van der Waals surface area contributed by atoms with Crippen LogP contribution in [0.1, 0.15) is 59.4 Å². The molecule has 1 amide bonds. The number of H-pyrrole nitrogens is 2. The number of hydrogen-bond acceptors (Lipinski definition) is 6. The molecule has 1 aromatic carbocycles. The van der Waals surface area contributed by atoms with Crippen LogP contribution in [-0.4, -0.2) is 49.5 Å². The van der Waals surface area contributed by atoms with Gasteiger partial charge in [-0.3, -0.25) is 4.79 Å². The van der Waals surface area contributed by atoms with Gasteiger partial charge in [0.05, 0.1) is 6.04 Å². The highest BCUT2D eigenvalue weighted by atomic mass is 16.4. The monoisotopic (exact) mass is 439 g/mol. The van der Waals surface area contributed by atoms with Crippen LogP contribution in [0.5, 0.6) is 0 Å². The lowest BCUT2D eigenvalue weighted by Crippen LogP contribution is -2.41. The third-order valence-corrected chi connectivity index (χ3v) is 5.22. The lowest BCUT2D eigenvalue weighted by Gasteiger charge is -2.16. The summed E-state index contributed by atoms with van der Waals surface area (Å²) in [5, 5.41) is 15.4. The quantitative estimate of drug-likeness (QED) is 0.234. The fourth-order valence-electron chi connectivity index (χ4n) is 3.35. The molecule has 0 fully saturated rings. The van der Waals surface area contributed by atoms with Crippen LogP contribution in [0.4, 0.5) is 0 Å². The van der Waals surface area contributed by atoms with Gasteiger partial charge in [-0.05, 0) is 44.0 Å². The number of benzene rings is 1. The van der Waals surface area contributed by atoms with E-state index in [2.05, 4.69) is 30.6 Å². The molecule has 2 heterocycles. The highest BCUT2D eigenvalue weighted by Crippen LogP contribution is 2.15. The zero-order valence-electron chi connectivity index (χ0n) is 17.9. The number of carboxylic acids is 1. The van der Waals surface area contributed by atoms with Gasteiger partial charge < -0.3 is 31.4 Å². The fraction of sp³-hybridized carbons (Fsp3) is 0.364. The van der Waals surface area contributed by atoms with Gasteiger partial charge in [-0.25, -0.2) is 14.8 Å². The van der Waals surface area contributed by atoms with Crippen LogP contribution < -0.4 is 16.4 Å². The van der Waals surface area contributed by atoms with Crippen molar-refractivity contribution in [2.24, 2.45) is 5.73 Å². The smallest absolute Gasteiger partial charge is 0.326 e. The highest BCUT2D eigenvalue weighted by Gasteiger charge is 2.21. The third kappa shape index (κ3) is 6.50. The number of carbonyl (C=O) groups is 2. The van der Waals surface area contributed by atoms with Gasteiger partial charge in [0.2, 0.25) is 0 Å². The second-order valence-corrected chi connectivity index (χ2v) is 7.63. The SMILES string of the molecule is CC(NCCC[C@H](NC(=O)c1ccc(C(N)Cc2ncc[nH]2)cc1)C(=O)O)c1ncc[nH]1. The molecule has 0 radical (unpaired) electrons. The van der Waals surface area contributed by atoms with Crippen molar-refractivity contribution < 1.29 is 14.7 Å². The molecule has 0 saturated carbocycles. The van der Waals surface area contributed by atoms with Gasteiger partial charge in [-0.15, -0.1) is 0 Å². The number of carbonyl (C=O) groups excluding carboxylic acids is 1. The van der Waals surface area contributed by atoms with Gasteiger partial charge in [0.15, 0.2) is 0 Å². The average Bonchev–Trinajstić information content (AvgIpc) is 3.50. The number of hydrogen-bond donors (Lipinski definition) is 6. The Morgan fingerprint density at radius 2 is 1.84 bits per heavy atom. The molecule has 0 aliphatic carbocycles. The topological polar surface area (TPSA) is 162 Å². The molecular weight excluding hydrogens is 410 g/mol. The molecule has 32 heavy (non-hydrogen) atoms. The van der Waals surface area contributed by atoms with Crippen LogP contribution in [0, 0.1) is 0 Å². The van der Waals surface area contributed by atoms with Crippen LogP contribution in [0.25, 0.3) is 0 Å². The molecule has 3 aromatic rings. The summed E-state index contributed by atoms with van der Waals surface area (Å²) in [4.78, 5) is 38.5. The number of nitrogens with zero attached hydrogens (tertiary/aromatic N) is 2. The Balaban J connectivity index is 1.47. The highest BCUT2D eigenvalue weighted by molar-refractivity contribution is 5.96. The maximum absolute atomic E-state index is 12.5. The van der Waals surface area contributed by atoms with Crippen molar-refractivity contribution >= 4 is 11.9 Å². The predicted molar refractivity (Wildman–Crippen MR) is 119 cm³/mol. The first-order chi connectivity index (χ1) is 15.4. The van der Waals surface area contributed by atoms with Crippen LogP contribution in [0.15, 0.2) is 49.1 Å². The van der Waals surface area contributed by atoms with Crippen LogP contribution in [0.3, 0.4) is 0 Å². The minimum absolute atomic E-state index is 0.0283. The number of nitrogens with one attached hydrogen (secondary N) is 4. The van der Waals surface area contributed by atoms with Gasteiger partial charge in [0, 0.05) is 42.8 Å². The lowest BCUT2D eigenvalue weighted by atomic mass is 10.0. The van der Waals surface area contributed by atoms with Crippen molar-refractivity contribution in [3.05, 3.63) is 71.8 Å². The van der Waals surface area contributed by atoms with Crippen molar-refractivity contribution in [3.8, 4) is 0 Å². The Bertz CT molecular complexity index is 972. The maximum Gasteiger partial charge on any atom is 0.326 e. The summed E-state index contributed by atoms with van der Waals surface area (Å²) in [6, 6.07) is 5.65. The first-order valence-electron chi connectivity index (χ1n) is 10.5. The van der Waals surface area contributed by atoms with Gasteiger partial charge in [0.25, 0.3) is 5.91 Å². The van der Waals surface area contributed by atoms with Crippen molar-refractivity contribution in [3.63, 3.8) is 0 Å². The molecule has 3 atom stereocenters. The van der Waals surface area contributed by atoms with E-state index in [1.165, 1.54) is 0 Å². The van der Waals surface area contributed by atoms with E-state index < -0.39 is 17.9 Å². The summed E-state index contributed by atoms with van der Waals surface area (Å²) >= 11 is 0. The first kappa shape index (κ1) is 23.2. The summed E-state index contributed by atoms with van der Waals surface area (Å²) in [7, 11) is 0. The summed E-state index contributed by atoms with van der Waals surface area (Å²) in [6.45, 7) is 2.57. The average molecular weight is 440 g/mol. The number of aromatic nitrogens is 4. The van der Waals surface area contributed by atoms with Crippen LogP contribution in [-0.2, 0) is 11.2 Å². The van der Waals surface area contributed by atoms with Gasteiger partial charge in [-0.2, -0.15) is 0 Å². The zero-order chi connectivity index (χ0) is 22.9. The molecule has 2 aromatic heterocycles. The Hall–Kier alpha value is -3.50. The number of imidazole rings is 2. The van der Waals surface area contributed by atoms with E-state index in [4.69, 9.17) is 5.73 Å². The minimum atomic E-state index is -1.06. The summed E-state index contributed by atoms with van der Waals surface area (Å²) < 4.78 is 0. The summed E-state index contributed by atoms with van der Waals surface area (Å²) in [6.07, 6.45) is 8.29. The molecule has 0 saturated heterocycles. The molecule has 10 nitrogen and oxygen atoms in total. The second kappa shape index (κ2) is 11.2. The first-order valence-corrected chi connectivity index (χ1v) is 10.5. The van der Waals surface area contributed by atoms with Crippen LogP contribution >= 0.6 is 0 Å². The summed E-state index contributed by atoms with van der Waals surface area (Å²) in [5.41, 5.74) is 7.45. The van der Waals surface area contributed by atoms with E-state index in [1.54, 1.807) is 49.1 Å². The minimum Gasteiger partial charge on any atom is -0.480 e. The largest absolute Gasteiger partial charge is 0.480 e. The van der Waals surface area contributed by atoms with Crippen LogP contribution in [0.2, 0.25) is 0 Å². The van der Waals surface area contributed by atoms with E-state index in [-0.39, 0.29) is 12.1 Å². The molecular formula is C22H29N7O3. The third-order valence-electron chi connectivity index (χ3n) is 5.22. The van der Waals surface area contributed by atoms with Crippen molar-refractivity contribution in [2.45, 2.75) is 44.3 Å². The van der Waals surface area contributed by atoms with E-state index in [1.807, 2.05) is 6.92 Å². The Morgan fingerprint density at radius 3 is 2.47 bits per heavy atom. The lowest BCUT2D eigenvalue weighted by molar-refractivity contribution is -0.139. The molecule has 0 spiro atoms. The fourth-order valence-corrected chi connectivity index (χ4v) is 3.35. The number of rotatable bonds is 12. The number of amides is 1. The van der Waals surface area contributed by atoms with E-state index >= 15 is 0 Å². The van der Waals surface area contributed by atoms with Gasteiger partial charge in [0.1, 0.15) is 17.7 Å². The molecule has 0 aliphatic rings. The normalized spacial score (nSPS) is 13.9. The van der Waals surface area contributed by atoms with E-state index in [0.29, 0.717) is 31.4 Å². The van der Waals surface area contributed by atoms with Crippen molar-refractivity contribution in [2.75, 3.05) is 6.54 Å². The molecule has 7 N–H and O–H groups in total.